The van der Waals surface area contributed by atoms with Gasteiger partial charge in [-0.2, -0.15) is 0 Å². The third-order valence-corrected chi connectivity index (χ3v) is 4.64. The van der Waals surface area contributed by atoms with E-state index in [0.29, 0.717) is 5.54 Å². The lowest BCUT2D eigenvalue weighted by atomic mass is 9.83. The maximum Gasteiger partial charge on any atom is 0.0481 e. The van der Waals surface area contributed by atoms with E-state index in [1.54, 1.807) is 0 Å². The molecule has 1 N–H and O–H groups in total. The average molecular weight is 256 g/mol. The Balaban J connectivity index is 1.78. The molecule has 1 fully saturated rings. The highest BCUT2D eigenvalue weighted by atomic mass is 15.0. The number of hydrogen-bond donors (Lipinski definition) is 1. The molecule has 0 amide bonds. The van der Waals surface area contributed by atoms with Gasteiger partial charge in [0.1, 0.15) is 0 Å². The minimum atomic E-state index is 0.342. The Bertz CT molecular complexity index is 562. The molecule has 2 nitrogen and oxygen atoms in total. The average Bonchev–Trinajstić information content (AvgIpc) is 2.75. The van der Waals surface area contributed by atoms with Crippen molar-refractivity contribution in [2.45, 2.75) is 51.1 Å². The van der Waals surface area contributed by atoms with Crippen molar-refractivity contribution in [1.29, 1.82) is 0 Å². The zero-order chi connectivity index (χ0) is 13.3. The van der Waals surface area contributed by atoms with Gasteiger partial charge in [0, 0.05) is 36.2 Å². The van der Waals surface area contributed by atoms with Crippen molar-refractivity contribution in [3.63, 3.8) is 0 Å². The first-order chi connectivity index (χ1) is 9.18. The molecule has 0 aliphatic heterocycles. The number of benzene rings is 1. The normalized spacial score (nSPS) is 18.8. The molecule has 102 valence electrons. The van der Waals surface area contributed by atoms with Crippen molar-refractivity contribution >= 4 is 10.9 Å². The van der Waals surface area contributed by atoms with Crippen molar-refractivity contribution in [1.82, 2.24) is 9.88 Å². The van der Waals surface area contributed by atoms with Gasteiger partial charge in [0.25, 0.3) is 0 Å². The van der Waals surface area contributed by atoms with Crippen LogP contribution in [-0.2, 0) is 13.6 Å². The van der Waals surface area contributed by atoms with Gasteiger partial charge in [0.05, 0.1) is 0 Å². The number of nitrogens with zero attached hydrogens (tertiary/aromatic N) is 1. The Hall–Kier alpha value is -1.28. The molecular weight excluding hydrogens is 232 g/mol. The number of hydrogen-bond acceptors (Lipinski definition) is 1. The molecular formula is C17H24N2. The Morgan fingerprint density at radius 2 is 1.89 bits per heavy atom. The first kappa shape index (κ1) is 12.7. The molecule has 0 atom stereocenters. The van der Waals surface area contributed by atoms with Gasteiger partial charge in [-0.3, -0.25) is 0 Å². The fraction of sp³-hybridized carbons (Fsp3) is 0.529. The van der Waals surface area contributed by atoms with Crippen LogP contribution in [0.1, 0.15) is 44.6 Å². The fourth-order valence-corrected chi connectivity index (χ4v) is 3.38. The second-order valence-corrected chi connectivity index (χ2v) is 6.26. The van der Waals surface area contributed by atoms with Crippen molar-refractivity contribution in [3.8, 4) is 0 Å². The van der Waals surface area contributed by atoms with Crippen LogP contribution in [0.15, 0.2) is 30.5 Å². The highest BCUT2D eigenvalue weighted by Crippen LogP contribution is 2.28. The number of aromatic nitrogens is 1. The first-order valence-corrected chi connectivity index (χ1v) is 7.46. The van der Waals surface area contributed by atoms with Gasteiger partial charge >= 0.3 is 0 Å². The molecule has 0 unspecified atom stereocenters. The molecule has 1 saturated carbocycles. The molecule has 1 aromatic heterocycles. The van der Waals surface area contributed by atoms with Crippen LogP contribution in [0.3, 0.4) is 0 Å². The lowest BCUT2D eigenvalue weighted by molar-refractivity contribution is 0.252. The molecule has 0 saturated heterocycles. The van der Waals surface area contributed by atoms with Crippen LogP contribution in [0.5, 0.6) is 0 Å². The molecule has 2 heteroatoms. The van der Waals surface area contributed by atoms with E-state index in [4.69, 9.17) is 0 Å². The Morgan fingerprint density at radius 1 is 1.16 bits per heavy atom. The SMILES string of the molecule is Cn1cc(CNC2(C)CCCCC2)c2ccccc21. The summed E-state index contributed by atoms with van der Waals surface area (Å²) in [5.41, 5.74) is 3.09. The zero-order valence-electron chi connectivity index (χ0n) is 12.1. The summed E-state index contributed by atoms with van der Waals surface area (Å²) < 4.78 is 2.23. The fourth-order valence-electron chi connectivity index (χ4n) is 3.38. The van der Waals surface area contributed by atoms with E-state index in [-0.39, 0.29) is 0 Å². The minimum absolute atomic E-state index is 0.342. The van der Waals surface area contributed by atoms with Gasteiger partial charge in [-0.15, -0.1) is 0 Å². The standard InChI is InChI=1S/C17H24N2/c1-17(10-6-3-7-11-17)18-12-14-13-19(2)16-9-5-4-8-15(14)16/h4-5,8-9,13,18H,3,6-7,10-12H2,1-2H3. The van der Waals surface area contributed by atoms with Crippen molar-refractivity contribution in [2.75, 3.05) is 0 Å². The van der Waals surface area contributed by atoms with Gasteiger partial charge in [0.2, 0.25) is 0 Å². The summed E-state index contributed by atoms with van der Waals surface area (Å²) in [6, 6.07) is 8.67. The summed E-state index contributed by atoms with van der Waals surface area (Å²) in [7, 11) is 2.13. The molecule has 1 aromatic carbocycles. The molecule has 0 spiro atoms. The highest BCUT2D eigenvalue weighted by Gasteiger charge is 2.26. The summed E-state index contributed by atoms with van der Waals surface area (Å²) in [4.78, 5) is 0. The van der Waals surface area contributed by atoms with E-state index in [2.05, 4.69) is 54.3 Å². The summed E-state index contributed by atoms with van der Waals surface area (Å²) >= 11 is 0. The van der Waals surface area contributed by atoms with E-state index in [1.807, 2.05) is 0 Å². The summed E-state index contributed by atoms with van der Waals surface area (Å²) in [5, 5.41) is 5.19. The van der Waals surface area contributed by atoms with Crippen LogP contribution < -0.4 is 5.32 Å². The second kappa shape index (κ2) is 5.01. The number of nitrogens with one attached hydrogen (secondary N) is 1. The Morgan fingerprint density at radius 3 is 2.68 bits per heavy atom. The molecule has 0 radical (unpaired) electrons. The molecule has 1 aliphatic carbocycles. The predicted octanol–water partition coefficient (Wildman–Crippen LogP) is 3.99. The van der Waals surface area contributed by atoms with Crippen LogP contribution in [0.2, 0.25) is 0 Å². The molecule has 0 bridgehead atoms. The van der Waals surface area contributed by atoms with Crippen LogP contribution in [0.25, 0.3) is 10.9 Å². The van der Waals surface area contributed by atoms with Crippen molar-refractivity contribution < 1.29 is 0 Å². The predicted molar refractivity (Wildman–Crippen MR) is 81.2 cm³/mol. The summed E-state index contributed by atoms with van der Waals surface area (Å²) in [5.74, 6) is 0. The molecule has 2 aromatic rings. The van der Waals surface area contributed by atoms with Gasteiger partial charge in [-0.1, -0.05) is 37.5 Å². The second-order valence-electron chi connectivity index (χ2n) is 6.26. The molecule has 3 rings (SSSR count). The van der Waals surface area contributed by atoms with Crippen LogP contribution >= 0.6 is 0 Å². The van der Waals surface area contributed by atoms with Gasteiger partial charge in [-0.05, 0) is 31.4 Å². The highest BCUT2D eigenvalue weighted by molar-refractivity contribution is 5.83. The van der Waals surface area contributed by atoms with Crippen molar-refractivity contribution in [2.24, 2.45) is 7.05 Å². The first-order valence-electron chi connectivity index (χ1n) is 7.46. The maximum atomic E-state index is 3.81. The smallest absolute Gasteiger partial charge is 0.0481 e. The molecule has 1 heterocycles. The number of aryl methyl sites for hydroxylation is 1. The van der Waals surface area contributed by atoms with Gasteiger partial charge in [-0.25, -0.2) is 0 Å². The van der Waals surface area contributed by atoms with Gasteiger partial charge in [0.15, 0.2) is 0 Å². The summed E-state index contributed by atoms with van der Waals surface area (Å²) in [6.07, 6.45) is 9.06. The third-order valence-electron chi connectivity index (χ3n) is 4.64. The molecule has 1 aliphatic rings. The van der Waals surface area contributed by atoms with Crippen molar-refractivity contribution in [3.05, 3.63) is 36.0 Å². The third kappa shape index (κ3) is 2.55. The van der Waals surface area contributed by atoms with E-state index in [0.717, 1.165) is 6.54 Å². The number of fused-ring (bicyclic) bond motifs is 1. The summed E-state index contributed by atoms with van der Waals surface area (Å²) in [6.45, 7) is 3.37. The Kier molecular flexibility index (Phi) is 3.36. The Labute approximate surface area is 115 Å². The van der Waals surface area contributed by atoms with E-state index >= 15 is 0 Å². The largest absolute Gasteiger partial charge is 0.350 e. The maximum absolute atomic E-state index is 3.81. The lowest BCUT2D eigenvalue weighted by Gasteiger charge is -2.34. The quantitative estimate of drug-likeness (QED) is 0.878. The van der Waals surface area contributed by atoms with E-state index < -0.39 is 0 Å². The van der Waals surface area contributed by atoms with E-state index in [1.165, 1.54) is 48.6 Å². The van der Waals surface area contributed by atoms with Gasteiger partial charge < -0.3 is 9.88 Å². The van der Waals surface area contributed by atoms with Crippen LogP contribution in [-0.4, -0.2) is 10.1 Å². The van der Waals surface area contributed by atoms with Crippen LogP contribution in [0, 0.1) is 0 Å². The topological polar surface area (TPSA) is 17.0 Å². The van der Waals surface area contributed by atoms with Crippen LogP contribution in [0.4, 0.5) is 0 Å². The zero-order valence-corrected chi connectivity index (χ0v) is 12.1. The number of para-hydroxylation sites is 1. The van der Waals surface area contributed by atoms with E-state index in [9.17, 15) is 0 Å². The number of rotatable bonds is 3. The monoisotopic (exact) mass is 256 g/mol. The lowest BCUT2D eigenvalue weighted by Crippen LogP contribution is -2.43. The molecule has 19 heavy (non-hydrogen) atoms. The minimum Gasteiger partial charge on any atom is -0.350 e.